The van der Waals surface area contributed by atoms with Crippen LogP contribution in [0.25, 0.3) is 0 Å². The van der Waals surface area contributed by atoms with E-state index in [0.717, 1.165) is 49.8 Å². The Morgan fingerprint density at radius 3 is 2.44 bits per heavy atom. The predicted molar refractivity (Wildman–Crippen MR) is 108 cm³/mol. The summed E-state index contributed by atoms with van der Waals surface area (Å²) in [4.78, 5) is 3.82. The molecule has 27 heavy (non-hydrogen) atoms. The maximum atomic E-state index is 10.4. The first kappa shape index (κ1) is 19.5. The third kappa shape index (κ3) is 5.15. The summed E-state index contributed by atoms with van der Waals surface area (Å²) < 4.78 is 11.1. The summed E-state index contributed by atoms with van der Waals surface area (Å²) in [6.45, 7) is 9.22. The molecule has 0 aliphatic carbocycles. The number of anilines is 1. The SMILES string of the molecule is COc1ccc(N2CC[NH+](C[C@H](O)COc3cccc(C)c3C)CC2)cc1. The minimum absolute atomic E-state index is 0.343. The van der Waals surface area contributed by atoms with E-state index >= 15 is 0 Å². The van der Waals surface area contributed by atoms with Crippen LogP contribution in [-0.2, 0) is 0 Å². The van der Waals surface area contributed by atoms with Crippen molar-refractivity contribution in [3.05, 3.63) is 53.6 Å². The molecule has 5 nitrogen and oxygen atoms in total. The number of benzene rings is 2. The molecule has 0 spiro atoms. The molecule has 0 amide bonds. The zero-order chi connectivity index (χ0) is 19.2. The number of piperazine rings is 1. The van der Waals surface area contributed by atoms with Gasteiger partial charge in [-0.2, -0.15) is 0 Å². The van der Waals surface area contributed by atoms with Crippen LogP contribution in [0.4, 0.5) is 5.69 Å². The third-order valence-corrected chi connectivity index (χ3v) is 5.42. The molecule has 0 bridgehead atoms. The third-order valence-electron chi connectivity index (χ3n) is 5.42. The van der Waals surface area contributed by atoms with Gasteiger partial charge in [-0.05, 0) is 55.3 Å². The van der Waals surface area contributed by atoms with Gasteiger partial charge in [-0.15, -0.1) is 0 Å². The fraction of sp³-hybridized carbons (Fsp3) is 0.455. The van der Waals surface area contributed by atoms with E-state index in [2.05, 4.69) is 36.9 Å². The highest BCUT2D eigenvalue weighted by atomic mass is 16.5. The Balaban J connectivity index is 1.43. The first-order valence-corrected chi connectivity index (χ1v) is 9.66. The average Bonchev–Trinajstić information content (AvgIpc) is 2.70. The van der Waals surface area contributed by atoms with Crippen LogP contribution >= 0.6 is 0 Å². The predicted octanol–water partition coefficient (Wildman–Crippen LogP) is 1.46. The second kappa shape index (κ2) is 9.11. The van der Waals surface area contributed by atoms with Crippen molar-refractivity contribution in [1.82, 2.24) is 0 Å². The van der Waals surface area contributed by atoms with Crippen LogP contribution in [0.5, 0.6) is 11.5 Å². The summed E-state index contributed by atoms with van der Waals surface area (Å²) >= 11 is 0. The van der Waals surface area contributed by atoms with E-state index in [1.807, 2.05) is 24.3 Å². The summed E-state index contributed by atoms with van der Waals surface area (Å²) in [5.74, 6) is 1.75. The van der Waals surface area contributed by atoms with Crippen LogP contribution in [0.2, 0.25) is 0 Å². The van der Waals surface area contributed by atoms with Gasteiger partial charge in [0.25, 0.3) is 0 Å². The van der Waals surface area contributed by atoms with Gasteiger partial charge < -0.3 is 24.4 Å². The summed E-state index contributed by atoms with van der Waals surface area (Å²) in [7, 11) is 1.69. The Morgan fingerprint density at radius 2 is 1.78 bits per heavy atom. The molecule has 1 atom stereocenters. The second-order valence-corrected chi connectivity index (χ2v) is 7.30. The molecule has 0 aromatic heterocycles. The van der Waals surface area contributed by atoms with Gasteiger partial charge in [-0.3, -0.25) is 0 Å². The van der Waals surface area contributed by atoms with Crippen molar-refractivity contribution in [2.24, 2.45) is 0 Å². The molecule has 2 aromatic carbocycles. The van der Waals surface area contributed by atoms with E-state index in [1.165, 1.54) is 16.2 Å². The van der Waals surface area contributed by atoms with Gasteiger partial charge in [0, 0.05) is 5.69 Å². The Bertz CT molecular complexity index is 725. The van der Waals surface area contributed by atoms with Crippen LogP contribution in [0.3, 0.4) is 0 Å². The molecule has 1 heterocycles. The number of hydrogen-bond donors (Lipinski definition) is 2. The molecule has 1 aliphatic rings. The molecule has 2 N–H and O–H groups in total. The molecule has 0 saturated carbocycles. The smallest absolute Gasteiger partial charge is 0.137 e. The Kier molecular flexibility index (Phi) is 6.58. The number of nitrogens with zero attached hydrogens (tertiary/aromatic N) is 1. The van der Waals surface area contributed by atoms with E-state index in [4.69, 9.17) is 9.47 Å². The highest BCUT2D eigenvalue weighted by Gasteiger charge is 2.23. The molecule has 3 rings (SSSR count). The van der Waals surface area contributed by atoms with Crippen LogP contribution in [-0.4, -0.2) is 57.7 Å². The summed E-state index contributed by atoms with van der Waals surface area (Å²) in [5, 5.41) is 10.4. The highest BCUT2D eigenvalue weighted by molar-refractivity contribution is 5.49. The Hall–Kier alpha value is -2.24. The van der Waals surface area contributed by atoms with Gasteiger partial charge >= 0.3 is 0 Å². The quantitative estimate of drug-likeness (QED) is 0.774. The first-order valence-electron chi connectivity index (χ1n) is 9.66. The van der Waals surface area contributed by atoms with E-state index in [0.29, 0.717) is 6.61 Å². The van der Waals surface area contributed by atoms with Crippen molar-refractivity contribution in [2.75, 3.05) is 51.3 Å². The maximum Gasteiger partial charge on any atom is 0.137 e. The number of quaternary nitrogens is 1. The van der Waals surface area contributed by atoms with E-state index < -0.39 is 6.10 Å². The van der Waals surface area contributed by atoms with Crippen molar-refractivity contribution < 1.29 is 19.5 Å². The van der Waals surface area contributed by atoms with Crippen LogP contribution in [0.1, 0.15) is 11.1 Å². The van der Waals surface area contributed by atoms with Gasteiger partial charge in [0.15, 0.2) is 0 Å². The van der Waals surface area contributed by atoms with E-state index in [9.17, 15) is 5.11 Å². The van der Waals surface area contributed by atoms with Gasteiger partial charge in [0.1, 0.15) is 30.8 Å². The lowest BCUT2D eigenvalue weighted by Crippen LogP contribution is -3.16. The maximum absolute atomic E-state index is 10.4. The molecule has 0 unspecified atom stereocenters. The Labute approximate surface area is 162 Å². The van der Waals surface area contributed by atoms with E-state index in [-0.39, 0.29) is 0 Å². The van der Waals surface area contributed by atoms with Crippen molar-refractivity contribution in [2.45, 2.75) is 20.0 Å². The highest BCUT2D eigenvalue weighted by Crippen LogP contribution is 2.21. The normalized spacial score (nSPS) is 16.2. The molecule has 1 aliphatic heterocycles. The van der Waals surface area contributed by atoms with Gasteiger partial charge in [0.2, 0.25) is 0 Å². The molecule has 1 saturated heterocycles. The number of rotatable bonds is 7. The average molecular weight is 372 g/mol. The minimum atomic E-state index is -0.451. The van der Waals surface area contributed by atoms with Crippen LogP contribution < -0.4 is 19.3 Å². The number of hydrogen-bond acceptors (Lipinski definition) is 4. The standard InChI is InChI=1S/C22H30N2O3/c1-17-5-4-6-22(18(17)2)27-16-20(25)15-23-11-13-24(14-12-23)19-7-9-21(26-3)10-8-19/h4-10,20,25H,11-16H2,1-3H3/p+1/t20-/m0/s1. The second-order valence-electron chi connectivity index (χ2n) is 7.30. The molecule has 2 aromatic rings. The number of ether oxygens (including phenoxy) is 2. The molecular weight excluding hydrogens is 340 g/mol. The fourth-order valence-electron chi connectivity index (χ4n) is 3.54. The van der Waals surface area contributed by atoms with Gasteiger partial charge in [0.05, 0.1) is 33.3 Å². The summed E-state index contributed by atoms with van der Waals surface area (Å²) in [5.41, 5.74) is 3.58. The minimum Gasteiger partial charge on any atom is -0.497 e. The van der Waals surface area contributed by atoms with Crippen molar-refractivity contribution in [3.63, 3.8) is 0 Å². The lowest BCUT2D eigenvalue weighted by molar-refractivity contribution is -0.903. The van der Waals surface area contributed by atoms with Gasteiger partial charge in [-0.1, -0.05) is 12.1 Å². The van der Waals surface area contributed by atoms with Crippen molar-refractivity contribution >= 4 is 5.69 Å². The topological polar surface area (TPSA) is 46.4 Å². The van der Waals surface area contributed by atoms with E-state index in [1.54, 1.807) is 7.11 Å². The van der Waals surface area contributed by atoms with Crippen molar-refractivity contribution in [1.29, 1.82) is 0 Å². The van der Waals surface area contributed by atoms with Crippen LogP contribution in [0, 0.1) is 13.8 Å². The largest absolute Gasteiger partial charge is 0.497 e. The number of aliphatic hydroxyl groups is 1. The molecule has 146 valence electrons. The lowest BCUT2D eigenvalue weighted by Gasteiger charge is -2.34. The van der Waals surface area contributed by atoms with Gasteiger partial charge in [-0.25, -0.2) is 0 Å². The van der Waals surface area contributed by atoms with Crippen LogP contribution in [0.15, 0.2) is 42.5 Å². The molecule has 5 heteroatoms. The number of methoxy groups -OCH3 is 1. The molecule has 0 radical (unpaired) electrons. The number of aliphatic hydroxyl groups excluding tert-OH is 1. The summed E-state index contributed by atoms with van der Waals surface area (Å²) in [6.07, 6.45) is -0.451. The monoisotopic (exact) mass is 371 g/mol. The zero-order valence-electron chi connectivity index (χ0n) is 16.6. The van der Waals surface area contributed by atoms with Crippen molar-refractivity contribution in [3.8, 4) is 11.5 Å². The lowest BCUT2D eigenvalue weighted by atomic mass is 10.1. The fourth-order valence-corrected chi connectivity index (χ4v) is 3.54. The number of aryl methyl sites for hydroxylation is 1. The first-order chi connectivity index (χ1) is 13.1. The number of nitrogens with one attached hydrogen (secondary N) is 1. The zero-order valence-corrected chi connectivity index (χ0v) is 16.6. The molecular formula is C22H31N2O3+. The molecule has 1 fully saturated rings. The summed E-state index contributed by atoms with van der Waals surface area (Å²) in [6, 6.07) is 14.3. The Morgan fingerprint density at radius 1 is 1.07 bits per heavy atom.